The molecule has 16 heavy (non-hydrogen) atoms. The minimum atomic E-state index is -3.57. The Hall–Kier alpha value is -0.780. The third kappa shape index (κ3) is 2.31. The molecule has 0 spiro atoms. The summed E-state index contributed by atoms with van der Waals surface area (Å²) in [4.78, 5) is 4.10. The van der Waals surface area contributed by atoms with E-state index in [1.807, 2.05) is 0 Å². The standard InChI is InChI=1S/C9H8Cl2N2O2S/c1-13-7(5-16(11,14)15)3-8-9(13)2-6(10)4-12-8/h2-4H,5H2,1H3. The van der Waals surface area contributed by atoms with Crippen molar-refractivity contribution in [1.82, 2.24) is 9.55 Å². The molecule has 2 aromatic heterocycles. The highest BCUT2D eigenvalue weighted by molar-refractivity contribution is 8.13. The molecule has 0 atom stereocenters. The Morgan fingerprint density at radius 2 is 2.12 bits per heavy atom. The van der Waals surface area contributed by atoms with Crippen molar-refractivity contribution in [2.75, 3.05) is 0 Å². The van der Waals surface area contributed by atoms with E-state index in [-0.39, 0.29) is 5.75 Å². The summed E-state index contributed by atoms with van der Waals surface area (Å²) in [5, 5.41) is 0.508. The number of fused-ring (bicyclic) bond motifs is 1. The first-order valence-corrected chi connectivity index (χ1v) is 7.24. The van der Waals surface area contributed by atoms with Gasteiger partial charge in [-0.05, 0) is 12.1 Å². The van der Waals surface area contributed by atoms with Crippen molar-refractivity contribution in [3.63, 3.8) is 0 Å². The van der Waals surface area contributed by atoms with Crippen LogP contribution < -0.4 is 0 Å². The number of pyridine rings is 1. The van der Waals surface area contributed by atoms with E-state index in [9.17, 15) is 8.42 Å². The van der Waals surface area contributed by atoms with E-state index in [4.69, 9.17) is 22.3 Å². The summed E-state index contributed by atoms with van der Waals surface area (Å²) < 4.78 is 23.7. The smallest absolute Gasteiger partial charge is 0.238 e. The molecule has 0 aliphatic rings. The molecule has 0 unspecified atom stereocenters. The van der Waals surface area contributed by atoms with Gasteiger partial charge in [-0.25, -0.2) is 8.42 Å². The lowest BCUT2D eigenvalue weighted by atomic mass is 10.4. The fourth-order valence-electron chi connectivity index (χ4n) is 1.54. The van der Waals surface area contributed by atoms with Gasteiger partial charge in [-0.2, -0.15) is 0 Å². The highest BCUT2D eigenvalue weighted by Crippen LogP contribution is 2.22. The van der Waals surface area contributed by atoms with Gasteiger partial charge in [0.25, 0.3) is 0 Å². The van der Waals surface area contributed by atoms with E-state index in [2.05, 4.69) is 4.98 Å². The molecule has 0 bridgehead atoms. The zero-order valence-electron chi connectivity index (χ0n) is 8.31. The molecule has 0 aromatic carbocycles. The summed E-state index contributed by atoms with van der Waals surface area (Å²) in [6, 6.07) is 3.42. The summed E-state index contributed by atoms with van der Waals surface area (Å²) in [5.74, 6) is -0.223. The SMILES string of the molecule is Cn1c(CS(=O)(=O)Cl)cc2ncc(Cl)cc21. The molecular weight excluding hydrogens is 271 g/mol. The maximum Gasteiger partial charge on any atom is 0.238 e. The first-order chi connectivity index (χ1) is 7.37. The molecule has 0 saturated heterocycles. The van der Waals surface area contributed by atoms with Gasteiger partial charge >= 0.3 is 0 Å². The lowest BCUT2D eigenvalue weighted by Crippen LogP contribution is -2.01. The molecule has 2 aromatic rings. The van der Waals surface area contributed by atoms with E-state index in [1.165, 1.54) is 6.20 Å². The second-order valence-corrected chi connectivity index (χ2v) is 6.65. The topological polar surface area (TPSA) is 52.0 Å². The van der Waals surface area contributed by atoms with Crippen LogP contribution in [0.4, 0.5) is 0 Å². The van der Waals surface area contributed by atoms with Crippen LogP contribution in [0.5, 0.6) is 0 Å². The van der Waals surface area contributed by atoms with Crippen molar-refractivity contribution in [2.24, 2.45) is 7.05 Å². The van der Waals surface area contributed by atoms with Gasteiger partial charge in [0.2, 0.25) is 9.05 Å². The van der Waals surface area contributed by atoms with E-state index < -0.39 is 9.05 Å². The van der Waals surface area contributed by atoms with E-state index in [1.54, 1.807) is 23.7 Å². The summed E-state index contributed by atoms with van der Waals surface area (Å²) in [6.07, 6.45) is 1.52. The minimum Gasteiger partial charge on any atom is -0.345 e. The number of hydrogen-bond acceptors (Lipinski definition) is 3. The summed E-state index contributed by atoms with van der Waals surface area (Å²) >= 11 is 5.81. The molecule has 0 amide bonds. The Labute approximate surface area is 102 Å². The normalized spacial score (nSPS) is 12.2. The molecule has 0 N–H and O–H groups in total. The number of hydrogen-bond donors (Lipinski definition) is 0. The van der Waals surface area contributed by atoms with E-state index in [0.29, 0.717) is 16.2 Å². The predicted octanol–water partition coefficient (Wildman–Crippen LogP) is 2.30. The van der Waals surface area contributed by atoms with Crippen molar-refractivity contribution in [1.29, 1.82) is 0 Å². The van der Waals surface area contributed by atoms with Gasteiger partial charge in [0.05, 0.1) is 16.1 Å². The largest absolute Gasteiger partial charge is 0.345 e. The van der Waals surface area contributed by atoms with Crippen LogP contribution in [0.3, 0.4) is 0 Å². The van der Waals surface area contributed by atoms with Gasteiger partial charge < -0.3 is 4.57 Å². The molecule has 0 saturated carbocycles. The molecule has 2 rings (SSSR count). The second-order valence-electron chi connectivity index (χ2n) is 3.44. The van der Waals surface area contributed by atoms with Crippen molar-refractivity contribution in [3.8, 4) is 0 Å². The number of nitrogens with zero attached hydrogens (tertiary/aromatic N) is 2. The van der Waals surface area contributed by atoms with Gasteiger partial charge in [-0.15, -0.1) is 0 Å². The van der Waals surface area contributed by atoms with Gasteiger partial charge in [0.1, 0.15) is 5.75 Å². The molecule has 7 heteroatoms. The fraction of sp³-hybridized carbons (Fsp3) is 0.222. The highest BCUT2D eigenvalue weighted by atomic mass is 35.7. The Morgan fingerprint density at radius 1 is 1.44 bits per heavy atom. The average Bonchev–Trinajstić information content (AvgIpc) is 2.42. The monoisotopic (exact) mass is 278 g/mol. The van der Waals surface area contributed by atoms with Crippen LogP contribution in [-0.2, 0) is 21.9 Å². The summed E-state index contributed by atoms with van der Waals surface area (Å²) in [7, 11) is 3.39. The zero-order valence-corrected chi connectivity index (χ0v) is 10.6. The van der Waals surface area contributed by atoms with Crippen molar-refractivity contribution in [3.05, 3.63) is 29.0 Å². The minimum absolute atomic E-state index is 0.223. The van der Waals surface area contributed by atoms with Crippen LogP contribution in [0.2, 0.25) is 5.02 Å². The van der Waals surface area contributed by atoms with Crippen LogP contribution in [0, 0.1) is 0 Å². The van der Waals surface area contributed by atoms with Crippen LogP contribution in [0.1, 0.15) is 5.69 Å². The first kappa shape index (κ1) is 11.7. The van der Waals surface area contributed by atoms with Crippen LogP contribution in [-0.4, -0.2) is 18.0 Å². The maximum atomic E-state index is 11.0. The summed E-state index contributed by atoms with van der Waals surface area (Å²) in [5.41, 5.74) is 2.06. The Kier molecular flexibility index (Phi) is 2.86. The maximum absolute atomic E-state index is 11.0. The quantitative estimate of drug-likeness (QED) is 0.792. The third-order valence-electron chi connectivity index (χ3n) is 2.28. The predicted molar refractivity (Wildman–Crippen MR) is 64.2 cm³/mol. The number of aromatic nitrogens is 2. The number of halogens is 2. The average molecular weight is 279 g/mol. The Morgan fingerprint density at radius 3 is 2.75 bits per heavy atom. The Bertz CT molecular complexity index is 649. The van der Waals surface area contributed by atoms with Gasteiger partial charge in [0, 0.05) is 29.6 Å². The first-order valence-electron chi connectivity index (χ1n) is 4.39. The molecule has 2 heterocycles. The van der Waals surface area contributed by atoms with E-state index >= 15 is 0 Å². The van der Waals surface area contributed by atoms with Gasteiger partial charge in [0.15, 0.2) is 0 Å². The van der Waals surface area contributed by atoms with E-state index in [0.717, 1.165) is 5.52 Å². The molecular formula is C9H8Cl2N2O2S. The molecule has 86 valence electrons. The molecule has 4 nitrogen and oxygen atoms in total. The lowest BCUT2D eigenvalue weighted by Gasteiger charge is -2.01. The third-order valence-corrected chi connectivity index (χ3v) is 3.45. The molecule has 0 aliphatic carbocycles. The lowest BCUT2D eigenvalue weighted by molar-refractivity contribution is 0.607. The van der Waals surface area contributed by atoms with Crippen LogP contribution >= 0.6 is 22.3 Å². The Balaban J connectivity index is 2.61. The number of rotatable bonds is 2. The second kappa shape index (κ2) is 3.91. The van der Waals surface area contributed by atoms with Crippen molar-refractivity contribution >= 4 is 42.4 Å². The van der Waals surface area contributed by atoms with Crippen LogP contribution in [0.15, 0.2) is 18.3 Å². The fourth-order valence-corrected chi connectivity index (χ4v) is 2.66. The highest BCUT2D eigenvalue weighted by Gasteiger charge is 2.13. The summed E-state index contributed by atoms with van der Waals surface area (Å²) in [6.45, 7) is 0. The molecule has 0 radical (unpaired) electrons. The van der Waals surface area contributed by atoms with Crippen LogP contribution in [0.25, 0.3) is 11.0 Å². The zero-order chi connectivity index (χ0) is 11.9. The molecule has 0 aliphatic heterocycles. The van der Waals surface area contributed by atoms with Crippen molar-refractivity contribution in [2.45, 2.75) is 5.75 Å². The molecule has 0 fully saturated rings. The van der Waals surface area contributed by atoms with Gasteiger partial charge in [-0.3, -0.25) is 4.98 Å². The number of aryl methyl sites for hydroxylation is 1. The van der Waals surface area contributed by atoms with Crippen molar-refractivity contribution < 1.29 is 8.42 Å². The van der Waals surface area contributed by atoms with Gasteiger partial charge in [-0.1, -0.05) is 11.6 Å².